The maximum absolute atomic E-state index is 14.4. The Morgan fingerprint density at radius 1 is 1.20 bits per heavy atom. The number of piperidine rings is 1. The highest BCUT2D eigenvalue weighted by molar-refractivity contribution is 6.04. The second kappa shape index (κ2) is 9.99. The van der Waals surface area contributed by atoms with Crippen molar-refractivity contribution in [2.24, 2.45) is 5.92 Å². The van der Waals surface area contributed by atoms with E-state index in [1.165, 1.54) is 31.3 Å². The normalized spacial score (nSPS) is 18.0. The smallest absolute Gasteiger partial charge is 0.253 e. The molecule has 35 heavy (non-hydrogen) atoms. The first kappa shape index (κ1) is 24.6. The van der Waals surface area contributed by atoms with Crippen molar-refractivity contribution in [1.82, 2.24) is 15.6 Å². The molecular formula is C25H29FN4O5. The first-order valence-corrected chi connectivity index (χ1v) is 11.7. The van der Waals surface area contributed by atoms with Crippen LogP contribution in [-0.4, -0.2) is 64.1 Å². The van der Waals surface area contributed by atoms with Crippen LogP contribution < -0.4 is 15.5 Å². The molecule has 1 atom stereocenters. The predicted octanol–water partition coefficient (Wildman–Crippen LogP) is 1.78. The van der Waals surface area contributed by atoms with Gasteiger partial charge in [0.2, 0.25) is 11.8 Å². The van der Waals surface area contributed by atoms with Crippen molar-refractivity contribution in [3.63, 3.8) is 0 Å². The zero-order valence-electron chi connectivity index (χ0n) is 19.5. The van der Waals surface area contributed by atoms with Gasteiger partial charge in [-0.15, -0.1) is 0 Å². The van der Waals surface area contributed by atoms with E-state index >= 15 is 0 Å². The number of carbonyl (C=O) groups is 3. The van der Waals surface area contributed by atoms with Crippen molar-refractivity contribution < 1.29 is 29.0 Å². The maximum atomic E-state index is 14.4. The molecule has 2 fully saturated rings. The van der Waals surface area contributed by atoms with E-state index in [2.05, 4.69) is 15.6 Å². The van der Waals surface area contributed by atoms with Gasteiger partial charge in [-0.3, -0.25) is 14.4 Å². The highest BCUT2D eigenvalue weighted by atomic mass is 19.1. The Labute approximate surface area is 202 Å². The lowest BCUT2D eigenvalue weighted by atomic mass is 9.94. The summed E-state index contributed by atoms with van der Waals surface area (Å²) < 4.78 is 14.4. The average Bonchev–Trinajstić information content (AvgIpc) is 3.63. The lowest BCUT2D eigenvalue weighted by molar-refractivity contribution is -0.124. The number of halogens is 1. The number of aliphatic hydroxyl groups is 1. The molecule has 2 heterocycles. The Balaban J connectivity index is 1.30. The molecule has 0 bridgehead atoms. The molecular weight excluding hydrogens is 455 g/mol. The van der Waals surface area contributed by atoms with Gasteiger partial charge < -0.3 is 25.7 Å². The molecule has 1 saturated heterocycles. The highest BCUT2D eigenvalue weighted by Gasteiger charge is 2.51. The van der Waals surface area contributed by atoms with Gasteiger partial charge in [-0.1, -0.05) is 6.07 Å². The average molecular weight is 485 g/mol. The summed E-state index contributed by atoms with van der Waals surface area (Å²) in [6, 6.07) is 7.20. The Hall–Kier alpha value is -3.53. The van der Waals surface area contributed by atoms with Gasteiger partial charge in [-0.25, -0.2) is 9.37 Å². The third kappa shape index (κ3) is 5.43. The maximum Gasteiger partial charge on any atom is 0.253 e. The lowest BCUT2D eigenvalue weighted by Gasteiger charge is -2.35. The number of hydrogen-bond donors (Lipinski definition) is 4. The van der Waals surface area contributed by atoms with Crippen molar-refractivity contribution in [3.05, 3.63) is 53.5 Å². The van der Waals surface area contributed by atoms with Crippen LogP contribution in [0.1, 0.15) is 53.3 Å². The number of carbonyl (C=O) groups excluding carboxylic acids is 3. The fraction of sp³-hybridized carbons (Fsp3) is 0.440. The van der Waals surface area contributed by atoms with Gasteiger partial charge in [0.05, 0.1) is 16.8 Å². The van der Waals surface area contributed by atoms with E-state index in [1.807, 2.05) is 4.90 Å². The van der Waals surface area contributed by atoms with Crippen LogP contribution in [-0.2, 0) is 4.79 Å². The molecule has 4 rings (SSSR count). The molecule has 1 saturated carbocycles. The second-order valence-corrected chi connectivity index (χ2v) is 9.26. The number of nitrogens with zero attached hydrogens (tertiary/aromatic N) is 2. The molecule has 0 radical (unpaired) electrons. The summed E-state index contributed by atoms with van der Waals surface area (Å²) in [5, 5.41) is 24.7. The van der Waals surface area contributed by atoms with Crippen molar-refractivity contribution in [2.75, 3.05) is 24.5 Å². The van der Waals surface area contributed by atoms with Crippen LogP contribution in [0.25, 0.3) is 0 Å². The van der Waals surface area contributed by atoms with Gasteiger partial charge in [0.15, 0.2) is 5.78 Å². The van der Waals surface area contributed by atoms with Crippen LogP contribution in [0.2, 0.25) is 0 Å². The molecule has 4 N–H and O–H groups in total. The Kier molecular flexibility index (Phi) is 7.02. The van der Waals surface area contributed by atoms with Crippen LogP contribution in [0.5, 0.6) is 5.88 Å². The summed E-state index contributed by atoms with van der Waals surface area (Å²) in [5.74, 6) is -1.93. The zero-order chi connectivity index (χ0) is 25.2. The minimum Gasteiger partial charge on any atom is -0.493 e. The lowest BCUT2D eigenvalue weighted by Crippen LogP contribution is -2.50. The number of nitrogens with one attached hydrogen (secondary N) is 2. The number of anilines is 1. The van der Waals surface area contributed by atoms with E-state index in [0.717, 1.165) is 12.8 Å². The molecule has 1 aliphatic carbocycles. The molecule has 186 valence electrons. The van der Waals surface area contributed by atoms with E-state index in [-0.39, 0.29) is 28.8 Å². The number of rotatable bonds is 8. The molecule has 9 nitrogen and oxygen atoms in total. The SMILES string of the molecule is CC(O)C(=O)c1c(F)cccc1N1CCC(CNC(=O)C2(NC(=O)c3ccc(O)nc3)CC2)CC1. The molecule has 2 aromatic rings. The number of ketones is 1. The largest absolute Gasteiger partial charge is 0.493 e. The van der Waals surface area contributed by atoms with Crippen LogP contribution in [0.15, 0.2) is 36.5 Å². The van der Waals surface area contributed by atoms with E-state index in [9.17, 15) is 29.0 Å². The summed E-state index contributed by atoms with van der Waals surface area (Å²) >= 11 is 0. The summed E-state index contributed by atoms with van der Waals surface area (Å²) in [4.78, 5) is 43.2. The van der Waals surface area contributed by atoms with Gasteiger partial charge in [0, 0.05) is 31.9 Å². The quantitative estimate of drug-likeness (QED) is 0.420. The van der Waals surface area contributed by atoms with E-state index in [1.54, 1.807) is 12.1 Å². The van der Waals surface area contributed by atoms with Crippen LogP contribution in [0.3, 0.4) is 0 Å². The van der Waals surface area contributed by atoms with Gasteiger partial charge in [-0.05, 0) is 56.7 Å². The first-order chi connectivity index (χ1) is 16.7. The highest BCUT2D eigenvalue weighted by Crippen LogP contribution is 2.36. The molecule has 0 spiro atoms. The molecule has 2 aliphatic rings. The number of amides is 2. The summed E-state index contributed by atoms with van der Waals surface area (Å²) in [6.45, 7) is 2.94. The third-order valence-electron chi connectivity index (χ3n) is 6.67. The van der Waals surface area contributed by atoms with Crippen molar-refractivity contribution in [3.8, 4) is 5.88 Å². The fourth-order valence-electron chi connectivity index (χ4n) is 4.36. The Bertz CT molecular complexity index is 1110. The number of aromatic hydroxyl groups is 1. The molecule has 1 aromatic heterocycles. The van der Waals surface area contributed by atoms with Crippen LogP contribution in [0.4, 0.5) is 10.1 Å². The minimum atomic E-state index is -1.29. The summed E-state index contributed by atoms with van der Waals surface area (Å²) in [5.41, 5.74) is -0.278. The monoisotopic (exact) mass is 484 g/mol. The van der Waals surface area contributed by atoms with Crippen LogP contribution in [0, 0.1) is 11.7 Å². The van der Waals surface area contributed by atoms with Gasteiger partial charge in [-0.2, -0.15) is 0 Å². The number of aliphatic hydroxyl groups excluding tert-OH is 1. The van der Waals surface area contributed by atoms with E-state index in [4.69, 9.17) is 0 Å². The standard InChI is InChI=1S/C25H29FN4O5/c1-15(31)22(33)21-18(26)3-2-4-19(21)30-11-7-16(8-12-30)13-28-24(35)25(9-10-25)29-23(34)17-5-6-20(32)27-14-17/h2-6,14-16,31H,7-13H2,1H3,(H,27,32)(H,28,35)(H,29,34). The zero-order valence-corrected chi connectivity index (χ0v) is 19.5. The van der Waals surface area contributed by atoms with Crippen molar-refractivity contribution in [2.45, 2.75) is 44.2 Å². The Morgan fingerprint density at radius 2 is 1.91 bits per heavy atom. The molecule has 1 aromatic carbocycles. The number of Topliss-reactive ketones (excluding diaryl/α,β-unsaturated/α-hetero) is 1. The third-order valence-corrected chi connectivity index (χ3v) is 6.67. The fourth-order valence-corrected chi connectivity index (χ4v) is 4.36. The van der Waals surface area contributed by atoms with Gasteiger partial charge in [0.1, 0.15) is 17.5 Å². The minimum absolute atomic E-state index is 0.0931. The number of aromatic nitrogens is 1. The Morgan fingerprint density at radius 3 is 2.51 bits per heavy atom. The van der Waals surface area contributed by atoms with Gasteiger partial charge in [0.25, 0.3) is 5.91 Å². The molecule has 1 unspecified atom stereocenters. The number of hydrogen-bond acceptors (Lipinski definition) is 7. The number of benzene rings is 1. The molecule has 1 aliphatic heterocycles. The molecule has 2 amide bonds. The second-order valence-electron chi connectivity index (χ2n) is 9.26. The van der Waals surface area contributed by atoms with Crippen LogP contribution >= 0.6 is 0 Å². The molecule has 10 heteroatoms. The van der Waals surface area contributed by atoms with Crippen molar-refractivity contribution in [1.29, 1.82) is 0 Å². The summed E-state index contributed by atoms with van der Waals surface area (Å²) in [7, 11) is 0. The topological polar surface area (TPSA) is 132 Å². The van der Waals surface area contributed by atoms with Gasteiger partial charge >= 0.3 is 0 Å². The summed E-state index contributed by atoms with van der Waals surface area (Å²) in [6.07, 6.45) is 2.53. The van der Waals surface area contributed by atoms with E-state index in [0.29, 0.717) is 38.2 Å². The number of pyridine rings is 1. The first-order valence-electron chi connectivity index (χ1n) is 11.7. The van der Waals surface area contributed by atoms with E-state index < -0.39 is 29.2 Å². The van der Waals surface area contributed by atoms with Crippen molar-refractivity contribution >= 4 is 23.3 Å². The predicted molar refractivity (Wildman–Crippen MR) is 126 cm³/mol.